The summed E-state index contributed by atoms with van der Waals surface area (Å²) in [7, 11) is 2.06. The van der Waals surface area contributed by atoms with Gasteiger partial charge in [-0.1, -0.05) is 41.9 Å². The van der Waals surface area contributed by atoms with Gasteiger partial charge >= 0.3 is 0 Å². The van der Waals surface area contributed by atoms with E-state index in [0.717, 1.165) is 43.0 Å². The van der Waals surface area contributed by atoms with Crippen molar-refractivity contribution < 1.29 is 4.74 Å². The van der Waals surface area contributed by atoms with Crippen LogP contribution in [0.4, 0.5) is 0 Å². The molecule has 2 heterocycles. The Morgan fingerprint density at radius 1 is 1.31 bits per heavy atom. The van der Waals surface area contributed by atoms with Crippen LogP contribution in [0, 0.1) is 5.92 Å². The van der Waals surface area contributed by atoms with Crippen LogP contribution in [-0.4, -0.2) is 37.6 Å². The molecule has 0 aliphatic carbocycles. The van der Waals surface area contributed by atoms with Crippen molar-refractivity contribution in [2.45, 2.75) is 26.0 Å². The molecule has 1 aliphatic heterocycles. The summed E-state index contributed by atoms with van der Waals surface area (Å²) in [6, 6.07) is 14.5. The van der Waals surface area contributed by atoms with Gasteiger partial charge in [0.2, 0.25) is 0 Å². The van der Waals surface area contributed by atoms with Crippen LogP contribution in [0.5, 0.6) is 0 Å². The van der Waals surface area contributed by atoms with Crippen molar-refractivity contribution in [3.63, 3.8) is 0 Å². The molecule has 2 atom stereocenters. The van der Waals surface area contributed by atoms with Crippen LogP contribution in [0.2, 0.25) is 4.34 Å². The molecular weight excluding hydrogens is 366 g/mol. The summed E-state index contributed by atoms with van der Waals surface area (Å²) < 4.78 is 6.81. The van der Waals surface area contributed by atoms with Crippen LogP contribution in [0.15, 0.2) is 47.5 Å². The molecule has 6 heteroatoms. The zero-order valence-electron chi connectivity index (χ0n) is 15.3. The normalized spacial score (nSPS) is 20.3. The van der Waals surface area contributed by atoms with Gasteiger partial charge < -0.3 is 15.0 Å². The summed E-state index contributed by atoms with van der Waals surface area (Å²) >= 11 is 7.66. The van der Waals surface area contributed by atoms with Crippen LogP contribution in [0.1, 0.15) is 29.9 Å². The summed E-state index contributed by atoms with van der Waals surface area (Å²) in [6.07, 6.45) is 1.19. The number of nitrogens with one attached hydrogen (secondary N) is 1. The van der Waals surface area contributed by atoms with Gasteiger partial charge in [-0.3, -0.25) is 4.99 Å². The SMILES string of the molecule is CCNC(=NCC1CCOC1c1ccccc1)N(C)Cc1ccc(Cl)s1. The Bertz CT molecular complexity index is 719. The molecule has 3 rings (SSSR count). The molecule has 0 radical (unpaired) electrons. The van der Waals surface area contributed by atoms with Crippen LogP contribution in [-0.2, 0) is 11.3 Å². The Hall–Kier alpha value is -1.56. The number of benzene rings is 1. The van der Waals surface area contributed by atoms with Gasteiger partial charge in [-0.25, -0.2) is 0 Å². The zero-order chi connectivity index (χ0) is 18.4. The van der Waals surface area contributed by atoms with Gasteiger partial charge in [-0.15, -0.1) is 11.3 Å². The van der Waals surface area contributed by atoms with Crippen molar-refractivity contribution >= 4 is 28.9 Å². The van der Waals surface area contributed by atoms with E-state index in [9.17, 15) is 0 Å². The van der Waals surface area contributed by atoms with Crippen molar-refractivity contribution in [2.75, 3.05) is 26.7 Å². The second-order valence-electron chi connectivity index (χ2n) is 6.51. The quantitative estimate of drug-likeness (QED) is 0.578. The van der Waals surface area contributed by atoms with Crippen LogP contribution in [0.3, 0.4) is 0 Å². The number of guanidine groups is 1. The van der Waals surface area contributed by atoms with Crippen molar-refractivity contribution in [3.8, 4) is 0 Å². The standard InChI is InChI=1S/C20H26ClN3OS/c1-3-22-20(24(2)14-17-9-10-18(21)26-17)23-13-16-11-12-25-19(16)15-7-5-4-6-8-15/h4-10,16,19H,3,11-14H2,1-2H3,(H,22,23). The van der Waals surface area contributed by atoms with Gasteiger partial charge in [-0.2, -0.15) is 0 Å². The summed E-state index contributed by atoms with van der Waals surface area (Å²) in [6.45, 7) is 5.30. The average molecular weight is 392 g/mol. The van der Waals surface area contributed by atoms with E-state index < -0.39 is 0 Å². The molecule has 4 nitrogen and oxygen atoms in total. The first kappa shape index (κ1) is 19.2. The summed E-state index contributed by atoms with van der Waals surface area (Å²) in [5.74, 6) is 1.34. The van der Waals surface area contributed by atoms with Crippen LogP contribution in [0.25, 0.3) is 0 Å². The molecule has 1 aromatic carbocycles. The average Bonchev–Trinajstić information content (AvgIpc) is 3.28. The first-order chi connectivity index (χ1) is 12.7. The highest BCUT2D eigenvalue weighted by Crippen LogP contribution is 2.34. The third kappa shape index (κ3) is 5.00. The second kappa shape index (κ2) is 9.40. The van der Waals surface area contributed by atoms with E-state index in [-0.39, 0.29) is 6.10 Å². The first-order valence-corrected chi connectivity index (χ1v) is 10.3. The van der Waals surface area contributed by atoms with Crippen molar-refractivity contribution in [3.05, 3.63) is 57.2 Å². The Morgan fingerprint density at radius 3 is 2.81 bits per heavy atom. The van der Waals surface area contributed by atoms with Crippen molar-refractivity contribution in [2.24, 2.45) is 10.9 Å². The topological polar surface area (TPSA) is 36.9 Å². The molecule has 2 unspecified atom stereocenters. The summed E-state index contributed by atoms with van der Waals surface area (Å²) in [5, 5.41) is 3.39. The number of thiophene rings is 1. The number of rotatable bonds is 6. The number of hydrogen-bond donors (Lipinski definition) is 1. The third-order valence-corrected chi connectivity index (χ3v) is 5.75. The Labute approximate surface area is 164 Å². The molecule has 0 saturated carbocycles. The molecule has 140 valence electrons. The third-order valence-electron chi connectivity index (χ3n) is 4.54. The van der Waals surface area contributed by atoms with Gasteiger partial charge in [0.25, 0.3) is 0 Å². The van der Waals surface area contributed by atoms with E-state index in [1.807, 2.05) is 12.1 Å². The fourth-order valence-electron chi connectivity index (χ4n) is 3.25. The Kier molecular flexibility index (Phi) is 6.94. The number of halogens is 1. The highest BCUT2D eigenvalue weighted by molar-refractivity contribution is 7.16. The highest BCUT2D eigenvalue weighted by atomic mass is 35.5. The molecule has 1 aromatic heterocycles. The Morgan fingerprint density at radius 2 is 2.12 bits per heavy atom. The lowest BCUT2D eigenvalue weighted by Gasteiger charge is -2.23. The lowest BCUT2D eigenvalue weighted by Crippen LogP contribution is -2.38. The maximum absolute atomic E-state index is 6.05. The van der Waals surface area contributed by atoms with Gasteiger partial charge in [-0.05, 0) is 31.0 Å². The molecule has 0 bridgehead atoms. The first-order valence-electron chi connectivity index (χ1n) is 9.07. The zero-order valence-corrected chi connectivity index (χ0v) is 16.9. The van der Waals surface area contributed by atoms with E-state index in [1.165, 1.54) is 10.4 Å². The van der Waals surface area contributed by atoms with Gasteiger partial charge in [0.1, 0.15) is 0 Å². The number of ether oxygens (including phenoxy) is 1. The van der Waals surface area contributed by atoms with Crippen LogP contribution >= 0.6 is 22.9 Å². The van der Waals surface area contributed by atoms with Crippen molar-refractivity contribution in [1.29, 1.82) is 0 Å². The molecule has 1 saturated heterocycles. The maximum atomic E-state index is 6.05. The fourth-order valence-corrected chi connectivity index (χ4v) is 4.39. The Balaban J connectivity index is 1.66. The fraction of sp³-hybridized carbons (Fsp3) is 0.450. The molecule has 1 N–H and O–H groups in total. The predicted octanol–water partition coefficient (Wildman–Crippen LogP) is 4.58. The van der Waals surface area contributed by atoms with E-state index in [0.29, 0.717) is 5.92 Å². The highest BCUT2D eigenvalue weighted by Gasteiger charge is 2.29. The largest absolute Gasteiger partial charge is 0.373 e. The number of aliphatic imine (C=N–C) groups is 1. The molecule has 0 spiro atoms. The van der Waals surface area contributed by atoms with E-state index in [4.69, 9.17) is 21.3 Å². The van der Waals surface area contributed by atoms with Crippen molar-refractivity contribution in [1.82, 2.24) is 10.2 Å². The molecule has 2 aromatic rings. The smallest absolute Gasteiger partial charge is 0.193 e. The number of nitrogens with zero attached hydrogens (tertiary/aromatic N) is 2. The molecule has 1 aliphatic rings. The van der Waals surface area contributed by atoms with Gasteiger partial charge in [0.15, 0.2) is 5.96 Å². The predicted molar refractivity (Wildman–Crippen MR) is 110 cm³/mol. The monoisotopic (exact) mass is 391 g/mol. The van der Waals surface area contributed by atoms with Gasteiger partial charge in [0.05, 0.1) is 17.0 Å². The van der Waals surface area contributed by atoms with E-state index >= 15 is 0 Å². The van der Waals surface area contributed by atoms with Crippen LogP contribution < -0.4 is 5.32 Å². The van der Waals surface area contributed by atoms with E-state index in [2.05, 4.69) is 54.5 Å². The minimum absolute atomic E-state index is 0.143. The second-order valence-corrected chi connectivity index (χ2v) is 8.31. The molecule has 0 amide bonds. The lowest BCUT2D eigenvalue weighted by molar-refractivity contribution is 0.0925. The lowest BCUT2D eigenvalue weighted by atomic mass is 9.95. The summed E-state index contributed by atoms with van der Waals surface area (Å²) in [4.78, 5) is 8.28. The summed E-state index contributed by atoms with van der Waals surface area (Å²) in [5.41, 5.74) is 1.25. The molecule has 1 fully saturated rings. The van der Waals surface area contributed by atoms with Gasteiger partial charge in [0, 0.05) is 37.5 Å². The number of hydrogen-bond acceptors (Lipinski definition) is 3. The minimum atomic E-state index is 0.143. The molecule has 26 heavy (non-hydrogen) atoms. The minimum Gasteiger partial charge on any atom is -0.373 e. The van der Waals surface area contributed by atoms with E-state index in [1.54, 1.807) is 11.3 Å². The molecular formula is C20H26ClN3OS. The maximum Gasteiger partial charge on any atom is 0.193 e.